The summed E-state index contributed by atoms with van der Waals surface area (Å²) in [5.41, 5.74) is 0.916. The van der Waals surface area contributed by atoms with Gasteiger partial charge >= 0.3 is 0 Å². The molecule has 1 aromatic rings. The minimum absolute atomic E-state index is 0.00879. The number of carbonyl (C=O) groups excluding carboxylic acids is 2. The molecule has 22 heavy (non-hydrogen) atoms. The second kappa shape index (κ2) is 7.79. The van der Waals surface area contributed by atoms with Crippen molar-refractivity contribution in [2.75, 3.05) is 33.9 Å². The fourth-order valence-electron chi connectivity index (χ4n) is 2.54. The van der Waals surface area contributed by atoms with Gasteiger partial charge in [0.25, 0.3) is 0 Å². The average molecular weight is 306 g/mol. The molecule has 0 spiro atoms. The van der Waals surface area contributed by atoms with Crippen LogP contribution in [0.25, 0.3) is 0 Å². The van der Waals surface area contributed by atoms with Gasteiger partial charge in [-0.25, -0.2) is 0 Å². The van der Waals surface area contributed by atoms with Crippen LogP contribution in [0.15, 0.2) is 24.3 Å². The molecule has 6 nitrogen and oxygen atoms in total. The summed E-state index contributed by atoms with van der Waals surface area (Å²) in [4.78, 5) is 25.7. The normalized spacial score (nSPS) is 17.6. The Morgan fingerprint density at radius 1 is 1.36 bits per heavy atom. The van der Waals surface area contributed by atoms with Gasteiger partial charge in [0.2, 0.25) is 11.8 Å². The molecule has 0 radical (unpaired) electrons. The molecule has 1 saturated heterocycles. The van der Waals surface area contributed by atoms with E-state index in [0.717, 1.165) is 11.3 Å². The maximum Gasteiger partial charge on any atom is 0.225 e. The fourth-order valence-corrected chi connectivity index (χ4v) is 2.54. The van der Waals surface area contributed by atoms with Gasteiger partial charge in [0.05, 0.1) is 19.6 Å². The molecule has 0 unspecified atom stereocenters. The van der Waals surface area contributed by atoms with E-state index in [9.17, 15) is 9.59 Å². The molecule has 0 saturated carbocycles. The van der Waals surface area contributed by atoms with Crippen molar-refractivity contribution in [1.82, 2.24) is 10.2 Å². The number of likely N-dealkylation sites (tertiary alicyclic amines) is 1. The Bertz CT molecular complexity index is 533. The van der Waals surface area contributed by atoms with Gasteiger partial charge in [0, 0.05) is 38.7 Å². The van der Waals surface area contributed by atoms with Crippen LogP contribution < -0.4 is 10.1 Å². The van der Waals surface area contributed by atoms with Crippen LogP contribution in [-0.4, -0.2) is 50.6 Å². The van der Waals surface area contributed by atoms with Gasteiger partial charge < -0.3 is 19.7 Å². The van der Waals surface area contributed by atoms with Gasteiger partial charge in [-0.3, -0.25) is 9.59 Å². The van der Waals surface area contributed by atoms with Crippen LogP contribution in [0.5, 0.6) is 5.75 Å². The van der Waals surface area contributed by atoms with E-state index in [2.05, 4.69) is 5.32 Å². The lowest BCUT2D eigenvalue weighted by atomic mass is 10.1. The number of nitrogens with zero attached hydrogens (tertiary/aromatic N) is 1. The number of amides is 2. The zero-order valence-corrected chi connectivity index (χ0v) is 13.0. The Labute approximate surface area is 130 Å². The van der Waals surface area contributed by atoms with Crippen LogP contribution in [0.4, 0.5) is 0 Å². The highest BCUT2D eigenvalue weighted by molar-refractivity contribution is 5.89. The quantitative estimate of drug-likeness (QED) is 0.809. The molecule has 1 aromatic carbocycles. The molecule has 1 aliphatic rings. The monoisotopic (exact) mass is 306 g/mol. The molecule has 1 heterocycles. The second-order valence-corrected chi connectivity index (χ2v) is 5.26. The predicted octanol–water partition coefficient (Wildman–Crippen LogP) is 0.806. The zero-order valence-electron chi connectivity index (χ0n) is 13.0. The van der Waals surface area contributed by atoms with Gasteiger partial charge in [0.15, 0.2) is 0 Å². The molecular weight excluding hydrogens is 284 g/mol. The largest absolute Gasteiger partial charge is 0.496 e. The number of rotatable bonds is 7. The first-order valence-electron chi connectivity index (χ1n) is 7.32. The highest BCUT2D eigenvalue weighted by atomic mass is 16.5. The molecule has 6 heteroatoms. The Kier molecular flexibility index (Phi) is 5.77. The Balaban J connectivity index is 1.86. The van der Waals surface area contributed by atoms with Gasteiger partial charge in [-0.15, -0.1) is 0 Å². The molecule has 0 aliphatic carbocycles. The number of nitrogens with one attached hydrogen (secondary N) is 1. The number of ether oxygens (including phenoxy) is 2. The standard InChI is InChI=1S/C16H22N2O4/c1-21-8-7-18-11-13(9-15(18)19)16(20)17-10-12-5-3-4-6-14(12)22-2/h3-6,13H,7-11H2,1-2H3,(H,17,20)/t13-/m1/s1. The van der Waals surface area contributed by atoms with Gasteiger partial charge in [-0.05, 0) is 6.07 Å². The second-order valence-electron chi connectivity index (χ2n) is 5.26. The number of para-hydroxylation sites is 1. The van der Waals surface area contributed by atoms with Crippen molar-refractivity contribution >= 4 is 11.8 Å². The van der Waals surface area contributed by atoms with E-state index in [1.54, 1.807) is 19.1 Å². The van der Waals surface area contributed by atoms with E-state index in [1.807, 2.05) is 24.3 Å². The lowest BCUT2D eigenvalue weighted by molar-refractivity contribution is -0.129. The Morgan fingerprint density at radius 3 is 2.86 bits per heavy atom. The molecule has 2 amide bonds. The smallest absolute Gasteiger partial charge is 0.225 e. The van der Waals surface area contributed by atoms with Crippen molar-refractivity contribution < 1.29 is 19.1 Å². The molecule has 0 aromatic heterocycles. The number of methoxy groups -OCH3 is 2. The predicted molar refractivity (Wildman–Crippen MR) is 81.4 cm³/mol. The van der Waals surface area contributed by atoms with Crippen molar-refractivity contribution in [3.63, 3.8) is 0 Å². The van der Waals surface area contributed by atoms with Gasteiger partial charge in [0.1, 0.15) is 5.75 Å². The molecular formula is C16H22N2O4. The zero-order chi connectivity index (χ0) is 15.9. The highest BCUT2D eigenvalue weighted by Gasteiger charge is 2.33. The van der Waals surface area contributed by atoms with Crippen LogP contribution >= 0.6 is 0 Å². The Morgan fingerprint density at radius 2 is 2.14 bits per heavy atom. The summed E-state index contributed by atoms with van der Waals surface area (Å²) in [6.07, 6.45) is 0.265. The summed E-state index contributed by atoms with van der Waals surface area (Å²) < 4.78 is 10.2. The van der Waals surface area contributed by atoms with Crippen LogP contribution in [0, 0.1) is 5.92 Å². The summed E-state index contributed by atoms with van der Waals surface area (Å²) in [6.45, 7) is 1.87. The maximum atomic E-state index is 12.2. The van der Waals surface area contributed by atoms with E-state index >= 15 is 0 Å². The molecule has 1 N–H and O–H groups in total. The third-order valence-electron chi connectivity index (χ3n) is 3.80. The Hall–Kier alpha value is -2.08. The molecule has 0 bridgehead atoms. The fraction of sp³-hybridized carbons (Fsp3) is 0.500. The van der Waals surface area contributed by atoms with Crippen molar-refractivity contribution in [1.29, 1.82) is 0 Å². The molecule has 1 fully saturated rings. The molecule has 2 rings (SSSR count). The van der Waals surface area contributed by atoms with Crippen LogP contribution in [0.2, 0.25) is 0 Å². The maximum absolute atomic E-state index is 12.2. The summed E-state index contributed by atoms with van der Waals surface area (Å²) in [7, 11) is 3.20. The molecule has 1 aliphatic heterocycles. The van der Waals surface area contributed by atoms with Crippen molar-refractivity contribution in [3.05, 3.63) is 29.8 Å². The number of hydrogen-bond acceptors (Lipinski definition) is 4. The van der Waals surface area contributed by atoms with E-state index in [0.29, 0.717) is 26.2 Å². The van der Waals surface area contributed by atoms with E-state index in [4.69, 9.17) is 9.47 Å². The number of carbonyl (C=O) groups is 2. The van der Waals surface area contributed by atoms with E-state index in [1.165, 1.54) is 0 Å². The first-order chi connectivity index (χ1) is 10.7. The minimum atomic E-state index is -0.293. The number of hydrogen-bond donors (Lipinski definition) is 1. The first kappa shape index (κ1) is 16.3. The topological polar surface area (TPSA) is 67.9 Å². The van der Waals surface area contributed by atoms with Gasteiger partial charge in [-0.1, -0.05) is 18.2 Å². The molecule has 1 atom stereocenters. The van der Waals surface area contributed by atoms with Crippen molar-refractivity contribution in [3.8, 4) is 5.75 Å². The number of benzene rings is 1. The molecule has 120 valence electrons. The third kappa shape index (κ3) is 3.98. The van der Waals surface area contributed by atoms with Gasteiger partial charge in [-0.2, -0.15) is 0 Å². The summed E-state index contributed by atoms with van der Waals surface area (Å²) in [6, 6.07) is 7.54. The van der Waals surface area contributed by atoms with Crippen LogP contribution in [-0.2, 0) is 20.9 Å². The van der Waals surface area contributed by atoms with Crippen molar-refractivity contribution in [2.45, 2.75) is 13.0 Å². The first-order valence-corrected chi connectivity index (χ1v) is 7.32. The minimum Gasteiger partial charge on any atom is -0.496 e. The van der Waals surface area contributed by atoms with E-state index < -0.39 is 0 Å². The summed E-state index contributed by atoms with van der Waals surface area (Å²) >= 11 is 0. The SMILES string of the molecule is COCCN1C[C@H](C(=O)NCc2ccccc2OC)CC1=O. The van der Waals surface area contributed by atoms with Crippen molar-refractivity contribution in [2.24, 2.45) is 5.92 Å². The summed E-state index contributed by atoms with van der Waals surface area (Å²) in [5.74, 6) is 0.361. The average Bonchev–Trinajstić information content (AvgIpc) is 2.92. The summed E-state index contributed by atoms with van der Waals surface area (Å²) in [5, 5.41) is 2.88. The van der Waals surface area contributed by atoms with E-state index in [-0.39, 0.29) is 24.2 Å². The lowest BCUT2D eigenvalue weighted by Gasteiger charge is -2.16. The highest BCUT2D eigenvalue weighted by Crippen LogP contribution is 2.19. The van der Waals surface area contributed by atoms with Crippen LogP contribution in [0.1, 0.15) is 12.0 Å². The lowest BCUT2D eigenvalue weighted by Crippen LogP contribution is -2.33. The third-order valence-corrected chi connectivity index (χ3v) is 3.80. The van der Waals surface area contributed by atoms with Crippen LogP contribution in [0.3, 0.4) is 0 Å².